The molecule has 0 radical (unpaired) electrons. The highest BCUT2D eigenvalue weighted by Gasteiger charge is 2.33. The highest BCUT2D eigenvalue weighted by Crippen LogP contribution is 2.31. The topological polar surface area (TPSA) is 66.5 Å². The summed E-state index contributed by atoms with van der Waals surface area (Å²) in [5.74, 6) is 1.08. The van der Waals surface area contributed by atoms with Gasteiger partial charge in [-0.3, -0.25) is 14.4 Å². The summed E-state index contributed by atoms with van der Waals surface area (Å²) in [6.45, 7) is 3.62. The molecule has 0 bridgehead atoms. The highest BCUT2D eigenvalue weighted by atomic mass is 16.2. The Labute approximate surface area is 180 Å². The minimum Gasteiger partial charge on any atom is -0.342 e. The summed E-state index contributed by atoms with van der Waals surface area (Å²) < 4.78 is 0. The fraction of sp³-hybridized carbons (Fsp3) is 0.640. The predicted octanol–water partition coefficient (Wildman–Crippen LogP) is 4.36. The van der Waals surface area contributed by atoms with Gasteiger partial charge in [0.15, 0.2) is 5.78 Å². The molecule has 5 nitrogen and oxygen atoms in total. The fourth-order valence-corrected chi connectivity index (χ4v) is 4.54. The average Bonchev–Trinajstić information content (AvgIpc) is 3.64. The minimum atomic E-state index is -0.326. The van der Waals surface area contributed by atoms with Crippen LogP contribution in [0.4, 0.5) is 0 Å². The number of nitrogens with zero attached hydrogens (tertiary/aromatic N) is 1. The van der Waals surface area contributed by atoms with E-state index >= 15 is 0 Å². The molecular weight excluding hydrogens is 376 g/mol. The lowest BCUT2D eigenvalue weighted by Gasteiger charge is -2.29. The van der Waals surface area contributed by atoms with Crippen molar-refractivity contribution in [1.29, 1.82) is 0 Å². The van der Waals surface area contributed by atoms with Crippen LogP contribution in [0.5, 0.6) is 0 Å². The van der Waals surface area contributed by atoms with Crippen molar-refractivity contribution in [3.8, 4) is 0 Å². The summed E-state index contributed by atoms with van der Waals surface area (Å²) in [4.78, 5) is 37.5. The number of Topliss-reactive ketones (excluding diaryl/α,β-unsaturated/α-hetero) is 1. The zero-order valence-electron chi connectivity index (χ0n) is 18.3. The van der Waals surface area contributed by atoms with Gasteiger partial charge in [-0.2, -0.15) is 0 Å². The van der Waals surface area contributed by atoms with Crippen molar-refractivity contribution in [1.82, 2.24) is 10.2 Å². The van der Waals surface area contributed by atoms with E-state index in [0.717, 1.165) is 51.6 Å². The van der Waals surface area contributed by atoms with E-state index < -0.39 is 0 Å². The van der Waals surface area contributed by atoms with E-state index in [1.807, 2.05) is 18.2 Å². The van der Waals surface area contributed by atoms with Gasteiger partial charge in [-0.25, -0.2) is 0 Å². The maximum Gasteiger partial charge on any atom is 0.251 e. The van der Waals surface area contributed by atoms with Crippen LogP contribution in [0.1, 0.15) is 81.5 Å². The van der Waals surface area contributed by atoms with E-state index in [1.165, 1.54) is 25.7 Å². The van der Waals surface area contributed by atoms with Crippen molar-refractivity contribution in [3.63, 3.8) is 0 Å². The third-order valence-corrected chi connectivity index (χ3v) is 6.48. The molecule has 2 amide bonds. The van der Waals surface area contributed by atoms with Gasteiger partial charge < -0.3 is 10.2 Å². The number of benzene rings is 1. The van der Waals surface area contributed by atoms with Crippen LogP contribution >= 0.6 is 0 Å². The van der Waals surface area contributed by atoms with Crippen molar-refractivity contribution in [2.75, 3.05) is 13.1 Å². The number of carbonyl (C=O) groups excluding carboxylic acids is 3. The number of likely N-dealkylation sites (tertiary alicyclic amines) is 1. The third-order valence-electron chi connectivity index (χ3n) is 6.48. The summed E-state index contributed by atoms with van der Waals surface area (Å²) in [5, 5.41) is 2.91. The maximum absolute atomic E-state index is 12.1. The third kappa shape index (κ3) is 6.68. The largest absolute Gasteiger partial charge is 0.342 e. The van der Waals surface area contributed by atoms with Gasteiger partial charge >= 0.3 is 0 Å². The molecule has 1 heterocycles. The number of hydrogen-bond acceptors (Lipinski definition) is 3. The first-order valence-corrected chi connectivity index (χ1v) is 11.7. The second kappa shape index (κ2) is 11.3. The molecule has 30 heavy (non-hydrogen) atoms. The first kappa shape index (κ1) is 22.5. The molecule has 0 aromatic heterocycles. The van der Waals surface area contributed by atoms with E-state index in [2.05, 4.69) is 10.2 Å². The lowest BCUT2D eigenvalue weighted by molar-refractivity contribution is -0.133. The van der Waals surface area contributed by atoms with E-state index in [-0.39, 0.29) is 17.7 Å². The molecule has 3 fully saturated rings. The number of piperidine rings is 1. The summed E-state index contributed by atoms with van der Waals surface area (Å²) in [7, 11) is 0. The lowest BCUT2D eigenvalue weighted by Crippen LogP contribution is -2.45. The zero-order chi connectivity index (χ0) is 21.3. The van der Waals surface area contributed by atoms with Crippen molar-refractivity contribution in [3.05, 3.63) is 35.9 Å². The van der Waals surface area contributed by atoms with Gasteiger partial charge in [0.05, 0.1) is 6.04 Å². The van der Waals surface area contributed by atoms with Crippen LogP contribution in [0.25, 0.3) is 0 Å². The maximum atomic E-state index is 12.1. The number of hydrogen-bond donors (Lipinski definition) is 1. The number of carbonyl (C=O) groups is 3. The van der Waals surface area contributed by atoms with Gasteiger partial charge in [0.25, 0.3) is 5.91 Å². The molecule has 1 aromatic carbocycles. The number of ketones is 1. The molecule has 3 aliphatic rings. The average molecular weight is 413 g/mol. The Bertz CT molecular complexity index is 702. The molecule has 1 N–H and O–H groups in total. The standard InChI is InChI=1S/C16H21NO2.C9H15NO/c1-12(18)15(13-8-4-2-5-9-13)17-16(19)14-10-6-3-7-11-14;11-9(8-4-5-8)10-6-2-1-3-7-10/h3,6-7,10-11,13,15H,2,4-5,8-9H2,1H3,(H,17,19);8H,1-7H2. The molecule has 1 atom stereocenters. The van der Waals surface area contributed by atoms with E-state index in [9.17, 15) is 14.4 Å². The SMILES string of the molecule is CC(=O)C(NC(=O)c1ccccc1)C1CCCCC1.O=C(C1CC1)N1CCCCC1. The second-order valence-electron chi connectivity index (χ2n) is 8.99. The molecule has 5 heteroatoms. The summed E-state index contributed by atoms with van der Waals surface area (Å²) in [6, 6.07) is 8.76. The van der Waals surface area contributed by atoms with Crippen LogP contribution in [-0.2, 0) is 9.59 Å². The number of rotatable bonds is 5. The van der Waals surface area contributed by atoms with Crippen molar-refractivity contribution >= 4 is 17.6 Å². The van der Waals surface area contributed by atoms with Crippen molar-refractivity contribution < 1.29 is 14.4 Å². The van der Waals surface area contributed by atoms with Crippen molar-refractivity contribution in [2.45, 2.75) is 77.2 Å². The van der Waals surface area contributed by atoms with Crippen LogP contribution in [0, 0.1) is 11.8 Å². The monoisotopic (exact) mass is 412 g/mol. The number of nitrogens with one attached hydrogen (secondary N) is 1. The fourth-order valence-electron chi connectivity index (χ4n) is 4.54. The highest BCUT2D eigenvalue weighted by molar-refractivity contribution is 5.97. The van der Waals surface area contributed by atoms with E-state index in [1.54, 1.807) is 19.1 Å². The van der Waals surface area contributed by atoms with Gasteiger partial charge in [0, 0.05) is 24.6 Å². The second-order valence-corrected chi connectivity index (χ2v) is 8.99. The van der Waals surface area contributed by atoms with Crippen LogP contribution in [0.15, 0.2) is 30.3 Å². The van der Waals surface area contributed by atoms with E-state index in [4.69, 9.17) is 0 Å². The molecule has 1 saturated heterocycles. The molecule has 1 aromatic rings. The number of amides is 2. The molecular formula is C25H36N2O3. The molecule has 2 saturated carbocycles. The molecule has 1 aliphatic heterocycles. The van der Waals surface area contributed by atoms with Crippen LogP contribution in [0.3, 0.4) is 0 Å². The quantitative estimate of drug-likeness (QED) is 0.781. The van der Waals surface area contributed by atoms with Crippen molar-refractivity contribution in [2.24, 2.45) is 11.8 Å². The molecule has 1 unspecified atom stereocenters. The summed E-state index contributed by atoms with van der Waals surface area (Å²) >= 11 is 0. The summed E-state index contributed by atoms with van der Waals surface area (Å²) in [5.41, 5.74) is 0.615. The Morgan fingerprint density at radius 1 is 0.867 bits per heavy atom. The van der Waals surface area contributed by atoms with Gasteiger partial charge in [-0.05, 0) is 69.9 Å². The minimum absolute atomic E-state index is 0.0659. The molecule has 4 rings (SSSR count). The smallest absolute Gasteiger partial charge is 0.251 e. The molecule has 164 valence electrons. The van der Waals surface area contributed by atoms with Gasteiger partial charge in [0.2, 0.25) is 5.91 Å². The Morgan fingerprint density at radius 3 is 2.03 bits per heavy atom. The predicted molar refractivity (Wildman–Crippen MR) is 118 cm³/mol. The summed E-state index contributed by atoms with van der Waals surface area (Å²) in [6.07, 6.45) is 11.7. The van der Waals surface area contributed by atoms with Crippen LogP contribution in [0.2, 0.25) is 0 Å². The van der Waals surface area contributed by atoms with Crippen LogP contribution in [-0.4, -0.2) is 41.6 Å². The first-order chi connectivity index (χ1) is 14.6. The Hall–Kier alpha value is -2.17. The Balaban J connectivity index is 0.000000196. The van der Waals surface area contributed by atoms with Crippen LogP contribution < -0.4 is 5.32 Å². The Kier molecular flexibility index (Phi) is 8.47. The lowest BCUT2D eigenvalue weighted by atomic mass is 9.82. The Morgan fingerprint density at radius 2 is 1.47 bits per heavy atom. The zero-order valence-corrected chi connectivity index (χ0v) is 18.3. The molecule has 0 spiro atoms. The van der Waals surface area contributed by atoms with Gasteiger partial charge in [0.1, 0.15) is 0 Å². The normalized spacial score (nSPS) is 20.5. The van der Waals surface area contributed by atoms with E-state index in [0.29, 0.717) is 23.3 Å². The van der Waals surface area contributed by atoms with Gasteiger partial charge in [-0.1, -0.05) is 37.5 Å². The van der Waals surface area contributed by atoms with Gasteiger partial charge in [-0.15, -0.1) is 0 Å². The molecule has 2 aliphatic carbocycles. The first-order valence-electron chi connectivity index (χ1n) is 11.7.